The predicted octanol–water partition coefficient (Wildman–Crippen LogP) is 13.2. The lowest BCUT2D eigenvalue weighted by Gasteiger charge is -2.58. The molecule has 4 nitrogen and oxygen atoms in total. The minimum Gasteiger partial charge on any atom is -0.462 e. The van der Waals surface area contributed by atoms with Gasteiger partial charge < -0.3 is 4.74 Å². The Hall–Kier alpha value is -1.39. The van der Waals surface area contributed by atoms with Crippen LogP contribution in [0.5, 0.6) is 0 Å². The fraction of sp³-hybridized carbons (Fsp3) is 0.844. The molecule has 0 bridgehead atoms. The van der Waals surface area contributed by atoms with E-state index in [1.165, 1.54) is 89.9 Å². The summed E-state index contributed by atoms with van der Waals surface area (Å²) < 4.78 is 6.11. The number of unbranched alkanes of at least 4 members (excludes halogenated alkanes) is 7. The first-order chi connectivity index (χ1) is 23.6. The van der Waals surface area contributed by atoms with Crippen molar-refractivity contribution in [3.63, 3.8) is 0 Å². The number of rotatable bonds is 21. The van der Waals surface area contributed by atoms with Crippen LogP contribution in [-0.4, -0.2) is 23.4 Å². The van der Waals surface area contributed by atoms with Gasteiger partial charge in [-0.2, -0.15) is 0 Å². The van der Waals surface area contributed by atoms with Gasteiger partial charge in [-0.3, -0.25) is 10.1 Å². The monoisotopic (exact) mass is 681 g/mol. The fourth-order valence-corrected chi connectivity index (χ4v) is 11.2. The molecule has 9 atom stereocenters. The van der Waals surface area contributed by atoms with Crippen molar-refractivity contribution in [1.82, 2.24) is 0 Å². The third-order valence-electron chi connectivity index (χ3n) is 14.1. The third kappa shape index (κ3) is 11.1. The van der Waals surface area contributed by atoms with E-state index in [-0.39, 0.29) is 18.2 Å². The summed E-state index contributed by atoms with van der Waals surface area (Å²) in [6.45, 7) is 14.8. The number of hydrogen-bond acceptors (Lipinski definition) is 4. The largest absolute Gasteiger partial charge is 0.462 e. The zero-order valence-electron chi connectivity index (χ0n) is 32.7. The molecular weight excluding hydrogens is 604 g/mol. The van der Waals surface area contributed by atoms with Gasteiger partial charge in [0.2, 0.25) is 0 Å². The number of esters is 1. The second kappa shape index (κ2) is 20.0. The molecule has 49 heavy (non-hydrogen) atoms. The van der Waals surface area contributed by atoms with Gasteiger partial charge in [-0.05, 0) is 117 Å². The maximum Gasteiger partial charge on any atom is 0.306 e. The summed E-state index contributed by atoms with van der Waals surface area (Å²) in [5, 5.41) is 9.04. The van der Waals surface area contributed by atoms with Crippen molar-refractivity contribution < 1.29 is 19.7 Å². The van der Waals surface area contributed by atoms with Crippen LogP contribution in [0.1, 0.15) is 183 Å². The molecule has 0 saturated heterocycles. The molecule has 4 aliphatic rings. The van der Waals surface area contributed by atoms with Gasteiger partial charge in [-0.1, -0.05) is 135 Å². The van der Waals surface area contributed by atoms with E-state index in [1.54, 1.807) is 5.57 Å². The number of allylic oxidation sites excluding steroid dienone is 4. The van der Waals surface area contributed by atoms with E-state index >= 15 is 0 Å². The lowest BCUT2D eigenvalue weighted by atomic mass is 9.47. The molecule has 0 amide bonds. The Kier molecular flexibility index (Phi) is 16.5. The van der Waals surface area contributed by atoms with Crippen LogP contribution in [0.15, 0.2) is 36.0 Å². The Morgan fingerprint density at radius 3 is 2.47 bits per heavy atom. The normalized spacial score (nSPS) is 32.6. The lowest BCUT2D eigenvalue weighted by molar-refractivity contribution is -0.267. The molecule has 0 aliphatic heterocycles. The number of carbonyl (C=O) groups excluding carboxylic acids is 1. The highest BCUT2D eigenvalue weighted by Crippen LogP contribution is 2.67. The minimum absolute atomic E-state index is 0.0189. The number of ether oxygens (including phenoxy) is 1. The van der Waals surface area contributed by atoms with Crippen LogP contribution < -0.4 is 0 Å². The van der Waals surface area contributed by atoms with Crippen LogP contribution in [-0.2, 0) is 14.4 Å². The molecule has 1 N–H and O–H groups in total. The molecule has 9 unspecified atom stereocenters. The molecule has 0 aromatic carbocycles. The van der Waals surface area contributed by atoms with Gasteiger partial charge >= 0.3 is 5.97 Å². The lowest BCUT2D eigenvalue weighted by Crippen LogP contribution is -2.51. The molecule has 0 radical (unpaired) electrons. The van der Waals surface area contributed by atoms with Crippen LogP contribution in [0.3, 0.4) is 0 Å². The molecule has 3 saturated carbocycles. The van der Waals surface area contributed by atoms with Crippen LogP contribution in [0, 0.1) is 46.3 Å². The summed E-state index contributed by atoms with van der Waals surface area (Å²) in [6.07, 6.45) is 36.5. The maximum absolute atomic E-state index is 12.8. The molecule has 4 rings (SSSR count). The third-order valence-corrected chi connectivity index (χ3v) is 14.1. The minimum atomic E-state index is -0.204. The van der Waals surface area contributed by atoms with Crippen molar-refractivity contribution in [3.8, 4) is 0 Å². The van der Waals surface area contributed by atoms with E-state index in [2.05, 4.69) is 64.7 Å². The zero-order valence-corrected chi connectivity index (χ0v) is 32.7. The van der Waals surface area contributed by atoms with E-state index in [0.29, 0.717) is 17.3 Å². The first kappa shape index (κ1) is 40.4. The van der Waals surface area contributed by atoms with Crippen molar-refractivity contribution in [1.29, 1.82) is 0 Å². The average molecular weight is 681 g/mol. The first-order valence-corrected chi connectivity index (χ1v) is 21.1. The summed E-state index contributed by atoms with van der Waals surface area (Å²) in [4.78, 5) is 17.4. The van der Waals surface area contributed by atoms with Gasteiger partial charge in [0, 0.05) is 12.8 Å². The summed E-state index contributed by atoms with van der Waals surface area (Å²) in [5.41, 5.74) is 2.47. The molecular formula is C45H76O4. The Morgan fingerprint density at radius 2 is 1.69 bits per heavy atom. The summed E-state index contributed by atoms with van der Waals surface area (Å²) in [5.74, 6) is 5.19. The number of hydrogen-bond donors (Lipinski definition) is 1. The van der Waals surface area contributed by atoms with Gasteiger partial charge in [0.25, 0.3) is 0 Å². The molecule has 0 aromatic rings. The van der Waals surface area contributed by atoms with E-state index in [0.717, 1.165) is 80.5 Å². The standard InChI is InChI=1S/C45H76O4/c1-7-8-16-22-37(49-47)23-17-14-12-10-9-11-13-15-18-24-43(46)48-38-29-31-44(5)36(33-38)25-26-39-41-28-27-40(35(4)21-19-20-34(2)3)45(41,6)32-30-42(39)44/h12,14,17,23,25,34-35,37-42,47H,7-11,13,15-16,18-22,24,26-33H2,1-6H3. The Balaban J connectivity index is 1.12. The smallest absolute Gasteiger partial charge is 0.306 e. The Labute approximate surface area is 302 Å². The quantitative estimate of drug-likeness (QED) is 0.0327. The highest BCUT2D eigenvalue weighted by atomic mass is 17.1. The second-order valence-electron chi connectivity index (χ2n) is 17.9. The van der Waals surface area contributed by atoms with E-state index in [9.17, 15) is 4.79 Å². The fourth-order valence-electron chi connectivity index (χ4n) is 11.2. The topological polar surface area (TPSA) is 55.8 Å². The molecule has 3 fully saturated rings. The van der Waals surface area contributed by atoms with Crippen molar-refractivity contribution in [3.05, 3.63) is 36.0 Å². The molecule has 4 heteroatoms. The molecule has 0 aromatic heterocycles. The van der Waals surface area contributed by atoms with Crippen LogP contribution in [0.25, 0.3) is 0 Å². The van der Waals surface area contributed by atoms with E-state index in [1.807, 2.05) is 12.2 Å². The van der Waals surface area contributed by atoms with Crippen LogP contribution >= 0.6 is 0 Å². The molecule has 0 spiro atoms. The van der Waals surface area contributed by atoms with Crippen LogP contribution in [0.4, 0.5) is 0 Å². The van der Waals surface area contributed by atoms with Gasteiger partial charge in [-0.15, -0.1) is 0 Å². The summed E-state index contributed by atoms with van der Waals surface area (Å²) in [6, 6.07) is 0. The van der Waals surface area contributed by atoms with Crippen LogP contribution in [0.2, 0.25) is 0 Å². The van der Waals surface area contributed by atoms with Gasteiger partial charge in [-0.25, -0.2) is 4.89 Å². The van der Waals surface area contributed by atoms with Gasteiger partial charge in [0.05, 0.1) is 0 Å². The highest BCUT2D eigenvalue weighted by Gasteiger charge is 2.59. The van der Waals surface area contributed by atoms with E-state index in [4.69, 9.17) is 9.99 Å². The van der Waals surface area contributed by atoms with Crippen molar-refractivity contribution in [2.24, 2.45) is 46.3 Å². The highest BCUT2D eigenvalue weighted by molar-refractivity contribution is 5.69. The zero-order chi connectivity index (χ0) is 35.3. The average Bonchev–Trinajstić information content (AvgIpc) is 3.43. The molecule has 4 aliphatic carbocycles. The van der Waals surface area contributed by atoms with E-state index < -0.39 is 0 Å². The summed E-state index contributed by atoms with van der Waals surface area (Å²) >= 11 is 0. The van der Waals surface area contributed by atoms with Crippen molar-refractivity contribution >= 4 is 5.97 Å². The number of fused-ring (bicyclic) bond motifs is 5. The second-order valence-corrected chi connectivity index (χ2v) is 17.9. The summed E-state index contributed by atoms with van der Waals surface area (Å²) in [7, 11) is 0. The van der Waals surface area contributed by atoms with Crippen molar-refractivity contribution in [2.45, 2.75) is 195 Å². The SMILES string of the molecule is CCCCCC(C=CC=CCCCCCCCC(=O)OC1CCC2(C)C(=CCC3C2CCC2(C)C(C(C)CCCC(C)C)CCC32)C1)OO. The predicted molar refractivity (Wildman–Crippen MR) is 205 cm³/mol. The Morgan fingerprint density at radius 1 is 0.898 bits per heavy atom. The molecule has 280 valence electrons. The maximum atomic E-state index is 12.8. The first-order valence-electron chi connectivity index (χ1n) is 21.1. The van der Waals surface area contributed by atoms with Crippen molar-refractivity contribution in [2.75, 3.05) is 0 Å². The Bertz CT molecular complexity index is 1070. The van der Waals surface area contributed by atoms with Gasteiger partial charge in [0.15, 0.2) is 0 Å². The van der Waals surface area contributed by atoms with Gasteiger partial charge in [0.1, 0.15) is 12.2 Å². The molecule has 0 heterocycles. The number of carbonyl (C=O) groups is 1.